The number of unbranched alkanes of at least 4 members (excludes halogenated alkanes) is 10. The number of allylic oxidation sites excluding steroid dienone is 2. The molecule has 0 saturated carbocycles. The Balaban J connectivity index is 3.17. The fraction of sp³-hybridized carbons (Fsp3) is 0.850. The molecule has 0 amide bonds. The molecule has 0 atom stereocenters. The lowest BCUT2D eigenvalue weighted by molar-refractivity contribution is -0.143. The highest BCUT2D eigenvalue weighted by Gasteiger charge is 2.02. The minimum atomic E-state index is -0.0103. The largest absolute Gasteiger partial charge is 0.466 e. The van der Waals surface area contributed by atoms with Crippen LogP contribution >= 0.6 is 15.9 Å². The molecule has 0 N–H and O–H groups in total. The summed E-state index contributed by atoms with van der Waals surface area (Å²) in [5, 5.41) is 1.14. The third-order valence-electron chi connectivity index (χ3n) is 3.95. The average molecular weight is 389 g/mol. The van der Waals surface area contributed by atoms with Gasteiger partial charge in [-0.2, -0.15) is 0 Å². The standard InChI is InChI=1S/C20H37BrO2/c1-2-3-4-5-13-16-19-23-20(22)17-14-11-9-7-6-8-10-12-15-18-21/h3-4H,2,5-19H2,1H3/b4-3-. The van der Waals surface area contributed by atoms with E-state index < -0.39 is 0 Å². The number of hydrogen-bond donors (Lipinski definition) is 0. The Morgan fingerprint density at radius 3 is 2.04 bits per heavy atom. The van der Waals surface area contributed by atoms with Crippen LogP contribution in [0.4, 0.5) is 0 Å². The first-order valence-corrected chi connectivity index (χ1v) is 10.8. The van der Waals surface area contributed by atoms with Crippen LogP contribution in [0.15, 0.2) is 12.2 Å². The van der Waals surface area contributed by atoms with Crippen molar-refractivity contribution in [2.75, 3.05) is 11.9 Å². The highest BCUT2D eigenvalue weighted by Crippen LogP contribution is 2.11. The van der Waals surface area contributed by atoms with Crippen LogP contribution in [0.5, 0.6) is 0 Å². The van der Waals surface area contributed by atoms with Crippen LogP contribution < -0.4 is 0 Å². The fourth-order valence-electron chi connectivity index (χ4n) is 2.51. The second kappa shape index (κ2) is 19.7. The van der Waals surface area contributed by atoms with Crippen LogP contribution in [0.25, 0.3) is 0 Å². The van der Waals surface area contributed by atoms with Gasteiger partial charge in [0.2, 0.25) is 0 Å². The topological polar surface area (TPSA) is 26.3 Å². The molecule has 0 bridgehead atoms. The molecular weight excluding hydrogens is 352 g/mol. The summed E-state index contributed by atoms with van der Waals surface area (Å²) in [7, 11) is 0. The SMILES string of the molecule is CC/C=C\CCCCOC(=O)CCCCCCCCCCCBr. The van der Waals surface area contributed by atoms with Gasteiger partial charge >= 0.3 is 5.97 Å². The van der Waals surface area contributed by atoms with Crippen LogP contribution in [0, 0.1) is 0 Å². The maximum absolute atomic E-state index is 11.6. The zero-order chi connectivity index (χ0) is 17.0. The minimum Gasteiger partial charge on any atom is -0.466 e. The van der Waals surface area contributed by atoms with Crippen molar-refractivity contribution >= 4 is 21.9 Å². The summed E-state index contributed by atoms with van der Waals surface area (Å²) in [5.74, 6) is -0.0103. The molecule has 0 unspecified atom stereocenters. The molecule has 0 aromatic rings. The molecule has 0 aliphatic carbocycles. The van der Waals surface area contributed by atoms with Crippen molar-refractivity contribution in [1.82, 2.24) is 0 Å². The molecular formula is C20H37BrO2. The Kier molecular flexibility index (Phi) is 19.5. The Bertz CT molecular complexity index is 277. The van der Waals surface area contributed by atoms with Crippen molar-refractivity contribution in [2.45, 2.75) is 96.8 Å². The maximum Gasteiger partial charge on any atom is 0.305 e. The molecule has 0 rings (SSSR count). The summed E-state index contributed by atoms with van der Waals surface area (Å²) in [4.78, 5) is 11.6. The molecule has 2 nitrogen and oxygen atoms in total. The monoisotopic (exact) mass is 388 g/mol. The molecule has 0 aromatic carbocycles. The molecule has 136 valence electrons. The first-order valence-electron chi connectivity index (χ1n) is 9.67. The Labute approximate surface area is 152 Å². The van der Waals surface area contributed by atoms with E-state index in [1.54, 1.807) is 0 Å². The van der Waals surface area contributed by atoms with Gasteiger partial charge in [-0.15, -0.1) is 0 Å². The van der Waals surface area contributed by atoms with Gasteiger partial charge < -0.3 is 4.74 Å². The molecule has 0 saturated heterocycles. The van der Waals surface area contributed by atoms with Gasteiger partial charge in [-0.3, -0.25) is 4.79 Å². The summed E-state index contributed by atoms with van der Waals surface area (Å²) in [6.07, 6.45) is 20.8. The summed E-state index contributed by atoms with van der Waals surface area (Å²) < 4.78 is 5.26. The van der Waals surface area contributed by atoms with E-state index >= 15 is 0 Å². The van der Waals surface area contributed by atoms with E-state index in [1.165, 1.54) is 44.9 Å². The molecule has 0 radical (unpaired) electrons. The highest BCUT2D eigenvalue weighted by atomic mass is 79.9. The van der Waals surface area contributed by atoms with Crippen LogP contribution in [-0.2, 0) is 9.53 Å². The van der Waals surface area contributed by atoms with E-state index in [1.807, 2.05) is 0 Å². The quantitative estimate of drug-likeness (QED) is 0.116. The van der Waals surface area contributed by atoms with Gasteiger partial charge in [-0.25, -0.2) is 0 Å². The zero-order valence-electron chi connectivity index (χ0n) is 15.2. The third-order valence-corrected chi connectivity index (χ3v) is 4.51. The molecule has 23 heavy (non-hydrogen) atoms. The summed E-state index contributed by atoms with van der Waals surface area (Å²) >= 11 is 3.46. The molecule has 0 aliphatic rings. The number of alkyl halides is 1. The lowest BCUT2D eigenvalue weighted by atomic mass is 10.1. The first kappa shape index (κ1) is 22.7. The van der Waals surface area contributed by atoms with E-state index in [4.69, 9.17) is 4.74 Å². The minimum absolute atomic E-state index is 0.0103. The number of hydrogen-bond acceptors (Lipinski definition) is 2. The van der Waals surface area contributed by atoms with Gasteiger partial charge in [0.05, 0.1) is 6.61 Å². The van der Waals surface area contributed by atoms with Crippen molar-refractivity contribution in [3.63, 3.8) is 0 Å². The second-order valence-corrected chi connectivity index (χ2v) is 7.01. The Hall–Kier alpha value is -0.310. The summed E-state index contributed by atoms with van der Waals surface area (Å²) in [6.45, 7) is 2.73. The van der Waals surface area contributed by atoms with E-state index in [0.717, 1.165) is 43.9 Å². The number of halogens is 1. The van der Waals surface area contributed by atoms with E-state index in [9.17, 15) is 4.79 Å². The molecule has 0 aliphatic heterocycles. The van der Waals surface area contributed by atoms with Crippen molar-refractivity contribution in [2.24, 2.45) is 0 Å². The van der Waals surface area contributed by atoms with E-state index in [2.05, 4.69) is 35.0 Å². The molecule has 0 spiro atoms. The van der Waals surface area contributed by atoms with Gasteiger partial charge in [0.15, 0.2) is 0 Å². The van der Waals surface area contributed by atoms with Crippen LogP contribution in [0.1, 0.15) is 96.8 Å². The van der Waals surface area contributed by atoms with Crippen LogP contribution in [-0.4, -0.2) is 17.9 Å². The summed E-state index contributed by atoms with van der Waals surface area (Å²) in [5.41, 5.74) is 0. The highest BCUT2D eigenvalue weighted by molar-refractivity contribution is 9.09. The average Bonchev–Trinajstić information content (AvgIpc) is 2.55. The Morgan fingerprint density at radius 1 is 0.826 bits per heavy atom. The van der Waals surface area contributed by atoms with Crippen molar-refractivity contribution in [3.05, 3.63) is 12.2 Å². The number of ether oxygens (including phenoxy) is 1. The Morgan fingerprint density at radius 2 is 1.43 bits per heavy atom. The number of carbonyl (C=O) groups is 1. The van der Waals surface area contributed by atoms with Crippen molar-refractivity contribution < 1.29 is 9.53 Å². The van der Waals surface area contributed by atoms with Gasteiger partial charge in [0.25, 0.3) is 0 Å². The number of esters is 1. The van der Waals surface area contributed by atoms with Crippen molar-refractivity contribution in [1.29, 1.82) is 0 Å². The number of carbonyl (C=O) groups excluding carboxylic acids is 1. The lowest BCUT2D eigenvalue weighted by Gasteiger charge is -2.04. The van der Waals surface area contributed by atoms with Gasteiger partial charge in [0.1, 0.15) is 0 Å². The fourth-order valence-corrected chi connectivity index (χ4v) is 2.90. The van der Waals surface area contributed by atoms with Gasteiger partial charge in [-0.1, -0.05) is 80.0 Å². The predicted molar refractivity (Wildman–Crippen MR) is 104 cm³/mol. The lowest BCUT2D eigenvalue weighted by Crippen LogP contribution is -2.05. The van der Waals surface area contributed by atoms with Gasteiger partial charge in [-0.05, 0) is 38.5 Å². The normalized spacial score (nSPS) is 11.2. The number of rotatable bonds is 17. The zero-order valence-corrected chi connectivity index (χ0v) is 16.7. The predicted octanol–water partition coefficient (Wildman–Crippen LogP) is 6.96. The second-order valence-electron chi connectivity index (χ2n) is 6.22. The third kappa shape index (κ3) is 19.6. The molecule has 0 fully saturated rings. The molecule has 0 heterocycles. The first-order chi connectivity index (χ1) is 11.3. The maximum atomic E-state index is 11.6. The van der Waals surface area contributed by atoms with Crippen LogP contribution in [0.3, 0.4) is 0 Å². The van der Waals surface area contributed by atoms with E-state index in [-0.39, 0.29) is 5.97 Å². The van der Waals surface area contributed by atoms with E-state index in [0.29, 0.717) is 13.0 Å². The van der Waals surface area contributed by atoms with Crippen LogP contribution in [0.2, 0.25) is 0 Å². The molecule has 0 aromatic heterocycles. The summed E-state index contributed by atoms with van der Waals surface area (Å²) in [6, 6.07) is 0. The smallest absolute Gasteiger partial charge is 0.305 e. The molecule has 3 heteroatoms. The van der Waals surface area contributed by atoms with Gasteiger partial charge in [0, 0.05) is 11.8 Å². The van der Waals surface area contributed by atoms with Crippen molar-refractivity contribution in [3.8, 4) is 0 Å².